The molecule has 1 atom stereocenters. The average molecular weight is 444 g/mol. The van der Waals surface area contributed by atoms with Crippen molar-refractivity contribution in [1.82, 2.24) is 4.57 Å². The largest absolute Gasteiger partial charge is 0.480 e. The van der Waals surface area contributed by atoms with Crippen LogP contribution >= 0.6 is 11.3 Å². The summed E-state index contributed by atoms with van der Waals surface area (Å²) in [5, 5.41) is 9.49. The summed E-state index contributed by atoms with van der Waals surface area (Å²) in [5.74, 6) is -4.34. The van der Waals surface area contributed by atoms with Gasteiger partial charge in [-0.2, -0.15) is 18.2 Å². The van der Waals surface area contributed by atoms with Gasteiger partial charge in [0, 0.05) is 11.6 Å². The second-order valence-corrected chi connectivity index (χ2v) is 7.23. The van der Waals surface area contributed by atoms with E-state index in [1.807, 2.05) is 0 Å². The molecule has 0 saturated heterocycles. The number of carbonyl (C=O) groups excluding carboxylic acids is 1. The van der Waals surface area contributed by atoms with Crippen LogP contribution in [0.5, 0.6) is 0 Å². The van der Waals surface area contributed by atoms with Crippen molar-refractivity contribution in [1.29, 1.82) is 0 Å². The molecular formula is C19H13F5N2O3S. The Labute approximate surface area is 169 Å². The first-order valence-corrected chi connectivity index (χ1v) is 9.33. The van der Waals surface area contributed by atoms with Gasteiger partial charge >= 0.3 is 12.1 Å². The van der Waals surface area contributed by atoms with Crippen molar-refractivity contribution < 1.29 is 36.6 Å². The van der Waals surface area contributed by atoms with E-state index in [0.717, 1.165) is 28.8 Å². The molecule has 0 spiro atoms. The Morgan fingerprint density at radius 3 is 2.50 bits per heavy atom. The van der Waals surface area contributed by atoms with Crippen LogP contribution in [0.3, 0.4) is 0 Å². The van der Waals surface area contributed by atoms with E-state index in [4.69, 9.17) is 0 Å². The molecule has 0 radical (unpaired) electrons. The summed E-state index contributed by atoms with van der Waals surface area (Å²) in [5.41, 5.74) is -1.57. The van der Waals surface area contributed by atoms with Gasteiger partial charge in [-0.3, -0.25) is 4.79 Å². The quantitative estimate of drug-likeness (QED) is 0.589. The van der Waals surface area contributed by atoms with E-state index in [1.54, 1.807) is 0 Å². The van der Waals surface area contributed by atoms with Gasteiger partial charge in [0.15, 0.2) is 4.80 Å². The van der Waals surface area contributed by atoms with Gasteiger partial charge in [-0.1, -0.05) is 24.3 Å². The third-order valence-electron chi connectivity index (χ3n) is 4.27. The van der Waals surface area contributed by atoms with Crippen LogP contribution in [0.2, 0.25) is 0 Å². The molecule has 1 aromatic heterocycles. The molecule has 5 nitrogen and oxygen atoms in total. The zero-order valence-electron chi connectivity index (χ0n) is 15.2. The van der Waals surface area contributed by atoms with E-state index in [1.165, 1.54) is 6.92 Å². The molecule has 0 aliphatic heterocycles. The Hall–Kier alpha value is -3.08. The summed E-state index contributed by atoms with van der Waals surface area (Å²) >= 11 is 0.601. The Morgan fingerprint density at radius 2 is 1.90 bits per heavy atom. The molecule has 1 unspecified atom stereocenters. The molecule has 1 amide bonds. The number of thiazole rings is 1. The van der Waals surface area contributed by atoms with Gasteiger partial charge in [-0.25, -0.2) is 13.6 Å². The number of hydrogen-bond acceptors (Lipinski definition) is 3. The minimum Gasteiger partial charge on any atom is -0.480 e. The van der Waals surface area contributed by atoms with Crippen molar-refractivity contribution in [3.63, 3.8) is 0 Å². The molecule has 3 rings (SSSR count). The van der Waals surface area contributed by atoms with Crippen LogP contribution in [0, 0.1) is 11.6 Å². The fourth-order valence-electron chi connectivity index (χ4n) is 2.90. The number of amides is 1. The first kappa shape index (κ1) is 21.6. The highest BCUT2D eigenvalue weighted by molar-refractivity contribution is 7.16. The van der Waals surface area contributed by atoms with E-state index in [0.29, 0.717) is 23.5 Å². The summed E-state index contributed by atoms with van der Waals surface area (Å²) < 4.78 is 67.5. The van der Waals surface area contributed by atoms with Gasteiger partial charge in [-0.15, -0.1) is 0 Å². The zero-order chi connectivity index (χ0) is 22.2. The highest BCUT2D eigenvalue weighted by Crippen LogP contribution is 2.30. The Bertz CT molecular complexity index is 1210. The monoisotopic (exact) mass is 444 g/mol. The molecule has 0 bridgehead atoms. The number of aliphatic carboxylic acids is 1. The summed E-state index contributed by atoms with van der Waals surface area (Å²) in [6.45, 7) is 1.52. The van der Waals surface area contributed by atoms with E-state index in [9.17, 15) is 36.6 Å². The van der Waals surface area contributed by atoms with E-state index >= 15 is 0 Å². The number of alkyl halides is 3. The van der Waals surface area contributed by atoms with Crippen molar-refractivity contribution in [2.45, 2.75) is 25.6 Å². The zero-order valence-corrected chi connectivity index (χ0v) is 16.0. The van der Waals surface area contributed by atoms with Crippen molar-refractivity contribution in [3.8, 4) is 0 Å². The Kier molecular flexibility index (Phi) is 5.75. The molecule has 1 heterocycles. The van der Waals surface area contributed by atoms with Crippen molar-refractivity contribution in [3.05, 3.63) is 64.0 Å². The number of carboxylic acid groups (broad SMARTS) is 1. The average Bonchev–Trinajstić information content (AvgIpc) is 3.00. The van der Waals surface area contributed by atoms with Crippen molar-refractivity contribution in [2.24, 2.45) is 4.99 Å². The van der Waals surface area contributed by atoms with Crippen LogP contribution < -0.4 is 4.80 Å². The molecule has 158 valence electrons. The van der Waals surface area contributed by atoms with E-state index in [2.05, 4.69) is 4.99 Å². The summed E-state index contributed by atoms with van der Waals surface area (Å²) in [4.78, 5) is 27.6. The van der Waals surface area contributed by atoms with Crippen LogP contribution in [0.15, 0.2) is 41.4 Å². The molecular weight excluding hydrogens is 431 g/mol. The van der Waals surface area contributed by atoms with Crippen molar-refractivity contribution in [2.75, 3.05) is 0 Å². The number of hydrogen-bond donors (Lipinski definition) is 1. The van der Waals surface area contributed by atoms with Crippen LogP contribution in [0.4, 0.5) is 22.0 Å². The molecule has 0 saturated carbocycles. The third kappa shape index (κ3) is 4.11. The molecule has 0 fully saturated rings. The predicted molar refractivity (Wildman–Crippen MR) is 98.0 cm³/mol. The number of aromatic nitrogens is 1. The Morgan fingerprint density at radius 1 is 1.20 bits per heavy atom. The smallest absolute Gasteiger partial charge is 0.416 e. The molecule has 11 heteroatoms. The molecule has 1 N–H and O–H groups in total. The van der Waals surface area contributed by atoms with Crippen LogP contribution in [0.1, 0.15) is 35.3 Å². The summed E-state index contributed by atoms with van der Waals surface area (Å²) in [7, 11) is 0. The third-order valence-corrected chi connectivity index (χ3v) is 5.34. The first-order valence-electron chi connectivity index (χ1n) is 8.52. The maximum atomic E-state index is 14.2. The van der Waals surface area contributed by atoms with Gasteiger partial charge in [-0.05, 0) is 30.7 Å². The topological polar surface area (TPSA) is 71.7 Å². The number of nitrogens with zero attached hydrogens (tertiary/aromatic N) is 2. The maximum absolute atomic E-state index is 14.2. The lowest BCUT2D eigenvalue weighted by Crippen LogP contribution is -2.27. The normalized spacial score (nSPS) is 13.6. The van der Waals surface area contributed by atoms with Gasteiger partial charge in [0.1, 0.15) is 17.7 Å². The molecule has 0 aliphatic rings. The number of carbonyl (C=O) groups is 2. The summed E-state index contributed by atoms with van der Waals surface area (Å²) in [6.07, 6.45) is -4.67. The maximum Gasteiger partial charge on any atom is 0.416 e. The fraction of sp³-hybridized carbons (Fsp3) is 0.211. The first-order chi connectivity index (χ1) is 14.0. The van der Waals surface area contributed by atoms with Crippen LogP contribution in [-0.4, -0.2) is 21.6 Å². The van der Waals surface area contributed by atoms with E-state index in [-0.39, 0.29) is 27.0 Å². The molecule has 2 aromatic carbocycles. The fourth-order valence-corrected chi connectivity index (χ4v) is 3.95. The molecule has 0 aliphatic carbocycles. The minimum absolute atomic E-state index is 0.00420. The number of benzene rings is 2. The lowest BCUT2D eigenvalue weighted by molar-refractivity contribution is -0.141. The second kappa shape index (κ2) is 7.98. The summed E-state index contributed by atoms with van der Waals surface area (Å²) in [6, 6.07) is 3.76. The van der Waals surface area contributed by atoms with Crippen molar-refractivity contribution >= 4 is 33.4 Å². The van der Waals surface area contributed by atoms with E-state index < -0.39 is 41.3 Å². The second-order valence-electron chi connectivity index (χ2n) is 6.25. The molecule has 3 aromatic rings. The lowest BCUT2D eigenvalue weighted by Gasteiger charge is -2.13. The Balaban J connectivity index is 2.25. The van der Waals surface area contributed by atoms with Crippen LogP contribution in [0.25, 0.3) is 10.2 Å². The number of halogens is 5. The lowest BCUT2D eigenvalue weighted by atomic mass is 10.1. The van der Waals surface area contributed by atoms with Gasteiger partial charge in [0.2, 0.25) is 0 Å². The highest BCUT2D eigenvalue weighted by Gasteiger charge is 2.31. The molecule has 30 heavy (non-hydrogen) atoms. The number of fused-ring (bicyclic) bond motifs is 1. The highest BCUT2D eigenvalue weighted by atomic mass is 32.1. The number of rotatable bonds is 4. The van der Waals surface area contributed by atoms with Gasteiger partial charge in [0.25, 0.3) is 5.91 Å². The predicted octanol–water partition coefficient (Wildman–Crippen LogP) is 4.78. The standard InChI is InChI=1S/C19H13F5N2O3S/c1-2-13(17(28)29)26-14-8-11(20)7-12(21)15(14)30-18(26)25-16(27)9-4-3-5-10(6-9)19(22,23)24/h3-8,13H,2H2,1H3,(H,28,29)/b25-18-. The van der Waals surface area contributed by atoms with Gasteiger partial charge < -0.3 is 9.67 Å². The van der Waals surface area contributed by atoms with Gasteiger partial charge in [0.05, 0.1) is 15.8 Å². The SMILES string of the molecule is CCC(C(=O)O)n1/c(=N/C(=O)c2cccc(C(F)(F)F)c2)sc2c(F)cc(F)cc21. The van der Waals surface area contributed by atoms with Crippen LogP contribution in [-0.2, 0) is 11.0 Å². The minimum atomic E-state index is -4.68. The number of carboxylic acids is 1.